The summed E-state index contributed by atoms with van der Waals surface area (Å²) in [5.41, 5.74) is 7.30. The summed E-state index contributed by atoms with van der Waals surface area (Å²) in [5.74, 6) is -0.276. The minimum absolute atomic E-state index is 0.276. The van der Waals surface area contributed by atoms with Gasteiger partial charge in [0.15, 0.2) is 6.04 Å². The van der Waals surface area contributed by atoms with E-state index >= 15 is 0 Å². The van der Waals surface area contributed by atoms with Gasteiger partial charge in [0.25, 0.3) is 0 Å². The van der Waals surface area contributed by atoms with E-state index < -0.39 is 0 Å². The third-order valence-corrected chi connectivity index (χ3v) is 2.83. The zero-order chi connectivity index (χ0) is 12.3. The monoisotopic (exact) mass is 236 g/mol. The van der Waals surface area contributed by atoms with E-state index in [0.717, 1.165) is 5.69 Å². The fraction of sp³-hybridized carbons (Fsp3) is 0.417. The molecule has 0 aliphatic carbocycles. The molecule has 1 aliphatic rings. The summed E-state index contributed by atoms with van der Waals surface area (Å²) in [5, 5.41) is 0. The Bertz CT molecular complexity index is 391. The number of ether oxygens (including phenoxy) is 2. The first kappa shape index (κ1) is 11.7. The van der Waals surface area contributed by atoms with Crippen LogP contribution in [-0.4, -0.2) is 38.9 Å². The first-order valence-electron chi connectivity index (χ1n) is 5.50. The van der Waals surface area contributed by atoms with Crippen LogP contribution in [0, 0.1) is 0 Å². The van der Waals surface area contributed by atoms with Gasteiger partial charge in [0, 0.05) is 17.9 Å². The molecule has 2 rings (SSSR count). The Labute approximate surface area is 100 Å². The van der Waals surface area contributed by atoms with Crippen molar-refractivity contribution in [2.45, 2.75) is 6.04 Å². The summed E-state index contributed by atoms with van der Waals surface area (Å²) in [4.78, 5) is 13.6. The third-order valence-electron chi connectivity index (χ3n) is 2.83. The molecule has 0 aromatic heterocycles. The predicted octanol–water partition coefficient (Wildman–Crippen LogP) is 0.647. The van der Waals surface area contributed by atoms with Crippen LogP contribution in [0.25, 0.3) is 0 Å². The van der Waals surface area contributed by atoms with E-state index in [9.17, 15) is 4.79 Å². The van der Waals surface area contributed by atoms with Gasteiger partial charge in [-0.3, -0.25) is 0 Å². The van der Waals surface area contributed by atoms with Gasteiger partial charge in [0.1, 0.15) is 0 Å². The number of anilines is 2. The van der Waals surface area contributed by atoms with Gasteiger partial charge in [-0.15, -0.1) is 0 Å². The Kier molecular flexibility index (Phi) is 3.49. The van der Waals surface area contributed by atoms with E-state index in [0.29, 0.717) is 25.4 Å². The molecule has 2 N–H and O–H groups in total. The van der Waals surface area contributed by atoms with Crippen LogP contribution in [0.1, 0.15) is 0 Å². The highest BCUT2D eigenvalue weighted by Crippen LogP contribution is 2.21. The number of benzene rings is 1. The second-order valence-corrected chi connectivity index (χ2v) is 3.90. The van der Waals surface area contributed by atoms with Gasteiger partial charge in [-0.1, -0.05) is 0 Å². The molecule has 1 heterocycles. The summed E-state index contributed by atoms with van der Waals surface area (Å²) in [6, 6.07) is 7.06. The van der Waals surface area contributed by atoms with Crippen molar-refractivity contribution in [3.8, 4) is 0 Å². The van der Waals surface area contributed by atoms with Gasteiger partial charge >= 0.3 is 5.97 Å². The van der Waals surface area contributed by atoms with Gasteiger partial charge in [-0.05, 0) is 24.3 Å². The number of nitrogens with zero attached hydrogens (tertiary/aromatic N) is 1. The maximum absolute atomic E-state index is 11.6. The summed E-state index contributed by atoms with van der Waals surface area (Å²) in [6.45, 7) is 1.64. The third kappa shape index (κ3) is 2.50. The molecule has 5 heteroatoms. The number of carbonyl (C=O) groups is 1. The molecular formula is C12H16N2O3. The fourth-order valence-corrected chi connectivity index (χ4v) is 1.91. The molecule has 92 valence electrons. The number of nitrogen functional groups attached to an aromatic ring is 1. The summed E-state index contributed by atoms with van der Waals surface area (Å²) in [7, 11) is 1.39. The van der Waals surface area contributed by atoms with E-state index in [4.69, 9.17) is 15.2 Å². The number of hydrogen-bond donors (Lipinski definition) is 1. The van der Waals surface area contributed by atoms with Crippen LogP contribution in [0.3, 0.4) is 0 Å². The lowest BCUT2D eigenvalue weighted by Crippen LogP contribution is -2.50. The molecule has 1 aliphatic heterocycles. The zero-order valence-corrected chi connectivity index (χ0v) is 9.76. The van der Waals surface area contributed by atoms with Crippen LogP contribution in [-0.2, 0) is 14.3 Å². The summed E-state index contributed by atoms with van der Waals surface area (Å²) in [6.07, 6.45) is 0. The summed E-state index contributed by atoms with van der Waals surface area (Å²) < 4.78 is 10.1. The topological polar surface area (TPSA) is 64.8 Å². The van der Waals surface area contributed by atoms with Crippen molar-refractivity contribution in [1.82, 2.24) is 0 Å². The van der Waals surface area contributed by atoms with Crippen molar-refractivity contribution in [1.29, 1.82) is 0 Å². The van der Waals surface area contributed by atoms with Gasteiger partial charge < -0.3 is 20.1 Å². The van der Waals surface area contributed by atoms with Crippen molar-refractivity contribution < 1.29 is 14.3 Å². The molecule has 1 aromatic carbocycles. The van der Waals surface area contributed by atoms with Crippen LogP contribution in [0.2, 0.25) is 0 Å². The van der Waals surface area contributed by atoms with Crippen molar-refractivity contribution in [2.75, 3.05) is 37.5 Å². The second-order valence-electron chi connectivity index (χ2n) is 3.90. The number of nitrogens with two attached hydrogens (primary N) is 1. The molecule has 1 atom stereocenters. The van der Waals surface area contributed by atoms with Crippen LogP contribution in [0.4, 0.5) is 11.4 Å². The lowest BCUT2D eigenvalue weighted by molar-refractivity contribution is -0.144. The van der Waals surface area contributed by atoms with Crippen LogP contribution < -0.4 is 10.6 Å². The van der Waals surface area contributed by atoms with Crippen LogP contribution in [0.5, 0.6) is 0 Å². The van der Waals surface area contributed by atoms with Gasteiger partial charge in [0.05, 0.1) is 20.3 Å². The number of carbonyl (C=O) groups excluding carboxylic acids is 1. The van der Waals surface area contributed by atoms with Crippen LogP contribution >= 0.6 is 0 Å². The van der Waals surface area contributed by atoms with Gasteiger partial charge in [-0.25, -0.2) is 4.79 Å². The Hall–Kier alpha value is -1.75. The average molecular weight is 236 g/mol. The molecule has 0 amide bonds. The van der Waals surface area contributed by atoms with E-state index in [2.05, 4.69) is 0 Å². The minimum atomic E-state index is -0.377. The van der Waals surface area contributed by atoms with Crippen molar-refractivity contribution in [2.24, 2.45) is 0 Å². The van der Waals surface area contributed by atoms with E-state index in [1.807, 2.05) is 29.2 Å². The highest BCUT2D eigenvalue weighted by molar-refractivity contribution is 5.80. The molecule has 0 saturated carbocycles. The number of hydrogen-bond acceptors (Lipinski definition) is 5. The molecule has 0 spiro atoms. The molecule has 1 fully saturated rings. The number of methoxy groups -OCH3 is 1. The summed E-state index contributed by atoms with van der Waals surface area (Å²) >= 11 is 0. The Morgan fingerprint density at radius 1 is 1.47 bits per heavy atom. The zero-order valence-electron chi connectivity index (χ0n) is 9.76. The normalized spacial score (nSPS) is 20.1. The van der Waals surface area contributed by atoms with Crippen molar-refractivity contribution in [3.63, 3.8) is 0 Å². The second kappa shape index (κ2) is 5.05. The first-order valence-corrected chi connectivity index (χ1v) is 5.50. The highest BCUT2D eigenvalue weighted by atomic mass is 16.5. The smallest absolute Gasteiger partial charge is 0.330 e. The predicted molar refractivity (Wildman–Crippen MR) is 64.8 cm³/mol. The maximum atomic E-state index is 11.6. The highest BCUT2D eigenvalue weighted by Gasteiger charge is 2.30. The number of rotatable bonds is 2. The lowest BCUT2D eigenvalue weighted by atomic mass is 10.2. The SMILES string of the molecule is COC(=O)[C@H]1COCCN1c1ccc(N)cc1. The lowest BCUT2D eigenvalue weighted by Gasteiger charge is -2.35. The quantitative estimate of drug-likeness (QED) is 0.603. The van der Waals surface area contributed by atoms with Crippen molar-refractivity contribution in [3.05, 3.63) is 24.3 Å². The molecule has 17 heavy (non-hydrogen) atoms. The molecule has 0 radical (unpaired) electrons. The van der Waals surface area contributed by atoms with Crippen molar-refractivity contribution >= 4 is 17.3 Å². The van der Waals surface area contributed by atoms with E-state index in [1.54, 1.807) is 0 Å². The van der Waals surface area contributed by atoms with Gasteiger partial charge in [0.2, 0.25) is 0 Å². The molecule has 1 aromatic rings. The number of morpholine rings is 1. The van der Waals surface area contributed by atoms with Gasteiger partial charge in [-0.2, -0.15) is 0 Å². The molecule has 1 saturated heterocycles. The molecule has 5 nitrogen and oxygen atoms in total. The number of esters is 1. The maximum Gasteiger partial charge on any atom is 0.330 e. The van der Waals surface area contributed by atoms with Crippen LogP contribution in [0.15, 0.2) is 24.3 Å². The Morgan fingerprint density at radius 2 is 2.18 bits per heavy atom. The molecule has 0 unspecified atom stereocenters. The molecular weight excluding hydrogens is 220 g/mol. The average Bonchev–Trinajstić information content (AvgIpc) is 2.39. The Morgan fingerprint density at radius 3 is 2.82 bits per heavy atom. The van der Waals surface area contributed by atoms with E-state index in [1.165, 1.54) is 7.11 Å². The fourth-order valence-electron chi connectivity index (χ4n) is 1.91. The standard InChI is InChI=1S/C12H16N2O3/c1-16-12(15)11-8-17-7-6-14(11)10-4-2-9(13)3-5-10/h2-5,11H,6-8,13H2,1H3/t11-/m1/s1. The Balaban J connectivity index is 2.21. The van der Waals surface area contributed by atoms with E-state index in [-0.39, 0.29) is 12.0 Å². The largest absolute Gasteiger partial charge is 0.467 e. The molecule has 0 bridgehead atoms. The minimum Gasteiger partial charge on any atom is -0.467 e. The first-order chi connectivity index (χ1) is 8.22.